The molecule has 1 aromatic heterocycles. The minimum Gasteiger partial charge on any atom is -0.496 e. The number of benzene rings is 3. The first-order valence-corrected chi connectivity index (χ1v) is 13.2. The lowest BCUT2D eigenvalue weighted by atomic mass is 10.0. The molecule has 1 aliphatic heterocycles. The summed E-state index contributed by atoms with van der Waals surface area (Å²) in [6.45, 7) is 2.97. The van der Waals surface area contributed by atoms with E-state index in [-0.39, 0.29) is 5.91 Å². The quantitative estimate of drug-likeness (QED) is 0.255. The van der Waals surface area contributed by atoms with Crippen molar-refractivity contribution < 1.29 is 22.7 Å². The smallest absolute Gasteiger partial charge is 0.416 e. The van der Waals surface area contributed by atoms with Gasteiger partial charge in [0.2, 0.25) is 5.91 Å². The third-order valence-corrected chi connectivity index (χ3v) is 7.28. The van der Waals surface area contributed by atoms with Gasteiger partial charge in [-0.2, -0.15) is 13.2 Å². The zero-order chi connectivity index (χ0) is 28.3. The molecule has 6 nitrogen and oxygen atoms in total. The van der Waals surface area contributed by atoms with Gasteiger partial charge in [0.1, 0.15) is 5.75 Å². The van der Waals surface area contributed by atoms with Crippen LogP contribution in [0.4, 0.5) is 18.9 Å². The number of amides is 1. The average Bonchev–Trinajstić information content (AvgIpc) is 3.38. The predicted octanol–water partition coefficient (Wildman–Crippen LogP) is 6.17. The second-order valence-electron chi connectivity index (χ2n) is 9.67. The van der Waals surface area contributed by atoms with Crippen molar-refractivity contribution in [3.05, 3.63) is 101 Å². The summed E-state index contributed by atoms with van der Waals surface area (Å²) in [6, 6.07) is 18.1. The maximum atomic E-state index is 12.9. The van der Waals surface area contributed by atoms with Gasteiger partial charge >= 0.3 is 6.18 Å². The first-order valence-electron chi connectivity index (χ1n) is 12.8. The Labute approximate surface area is 235 Å². The second-order valence-corrected chi connectivity index (χ2v) is 10.1. The molecular weight excluding hydrogens is 541 g/mol. The molecule has 0 bridgehead atoms. The highest BCUT2D eigenvalue weighted by Crippen LogP contribution is 2.34. The minimum absolute atomic E-state index is 0.0438. The SMILES string of the molecule is COc1cc(Cn2cncc2CCN2CCN(c3cccc(Cl)c3)C(=O)C2)ccc1-c1ccc(C(F)(F)F)cc1. The number of hydrogen-bond donors (Lipinski definition) is 0. The standard InChI is InChI=1S/C30H28ClF3N4O2/c1-40-28-15-21(5-10-27(28)22-6-8-23(9-7-22)30(32,33)34)18-37-20-35-17-26(37)11-12-36-13-14-38(29(39)19-36)25-4-2-3-24(31)16-25/h2-10,15-17,20H,11-14,18-19H2,1H3. The summed E-state index contributed by atoms with van der Waals surface area (Å²) in [6.07, 6.45) is -0.0489. The number of nitrogens with zero attached hydrogens (tertiary/aromatic N) is 4. The molecule has 40 heavy (non-hydrogen) atoms. The zero-order valence-electron chi connectivity index (χ0n) is 21.9. The molecule has 0 saturated carbocycles. The fourth-order valence-corrected chi connectivity index (χ4v) is 5.09. The van der Waals surface area contributed by atoms with Gasteiger partial charge in [0.25, 0.3) is 0 Å². The van der Waals surface area contributed by atoms with Gasteiger partial charge < -0.3 is 14.2 Å². The van der Waals surface area contributed by atoms with Crippen LogP contribution in [0.25, 0.3) is 11.1 Å². The van der Waals surface area contributed by atoms with Crippen LogP contribution in [0, 0.1) is 0 Å². The molecule has 0 spiro atoms. The number of rotatable bonds is 8. The summed E-state index contributed by atoms with van der Waals surface area (Å²) in [5.74, 6) is 0.622. The molecule has 0 N–H and O–H groups in total. The topological polar surface area (TPSA) is 50.6 Å². The molecule has 1 aliphatic rings. The Morgan fingerprint density at radius 2 is 1.82 bits per heavy atom. The summed E-state index contributed by atoms with van der Waals surface area (Å²) in [7, 11) is 1.54. The summed E-state index contributed by atoms with van der Waals surface area (Å²) < 4.78 is 46.5. The number of ether oxygens (including phenoxy) is 1. The number of piperazine rings is 1. The van der Waals surface area contributed by atoms with E-state index < -0.39 is 11.7 Å². The van der Waals surface area contributed by atoms with Crippen LogP contribution in [0.5, 0.6) is 5.75 Å². The maximum absolute atomic E-state index is 12.9. The molecule has 208 valence electrons. The van der Waals surface area contributed by atoms with Crippen molar-refractivity contribution in [2.75, 3.05) is 38.2 Å². The Morgan fingerprint density at radius 1 is 1.02 bits per heavy atom. The summed E-state index contributed by atoms with van der Waals surface area (Å²) in [5, 5.41) is 0.604. The van der Waals surface area contributed by atoms with Crippen LogP contribution < -0.4 is 9.64 Å². The zero-order valence-corrected chi connectivity index (χ0v) is 22.6. The van der Waals surface area contributed by atoms with Gasteiger partial charge in [-0.3, -0.25) is 9.69 Å². The van der Waals surface area contributed by atoms with Crippen LogP contribution in [-0.2, 0) is 23.9 Å². The highest BCUT2D eigenvalue weighted by atomic mass is 35.5. The number of hydrogen-bond acceptors (Lipinski definition) is 4. The number of imidazole rings is 1. The minimum atomic E-state index is -4.38. The molecule has 5 rings (SSSR count). The maximum Gasteiger partial charge on any atom is 0.416 e. The fraction of sp³-hybridized carbons (Fsp3) is 0.267. The largest absolute Gasteiger partial charge is 0.496 e. The van der Waals surface area contributed by atoms with E-state index in [0.29, 0.717) is 41.5 Å². The molecule has 0 radical (unpaired) electrons. The molecule has 0 unspecified atom stereocenters. The van der Waals surface area contributed by atoms with Crippen molar-refractivity contribution in [2.45, 2.75) is 19.1 Å². The number of halogens is 4. The molecule has 1 saturated heterocycles. The summed E-state index contributed by atoms with van der Waals surface area (Å²) in [4.78, 5) is 21.0. The van der Waals surface area contributed by atoms with Crippen LogP contribution in [0.15, 0.2) is 79.3 Å². The van der Waals surface area contributed by atoms with Gasteiger partial charge in [0, 0.05) is 60.8 Å². The third kappa shape index (κ3) is 6.32. The van der Waals surface area contributed by atoms with E-state index in [0.717, 1.165) is 48.6 Å². The van der Waals surface area contributed by atoms with Crippen molar-refractivity contribution in [1.29, 1.82) is 0 Å². The number of carbonyl (C=O) groups is 1. The Bertz CT molecular complexity index is 1490. The van der Waals surface area contributed by atoms with Gasteiger partial charge in [-0.05, 0) is 47.5 Å². The molecular formula is C30H28ClF3N4O2. The molecule has 0 aliphatic carbocycles. The van der Waals surface area contributed by atoms with E-state index in [2.05, 4.69) is 14.5 Å². The lowest BCUT2D eigenvalue weighted by Gasteiger charge is -2.34. The fourth-order valence-electron chi connectivity index (χ4n) is 4.91. The molecule has 2 heterocycles. The molecule has 4 aromatic rings. The highest BCUT2D eigenvalue weighted by molar-refractivity contribution is 6.30. The van der Waals surface area contributed by atoms with Crippen LogP contribution in [-0.4, -0.2) is 53.6 Å². The first-order chi connectivity index (χ1) is 19.2. The second kappa shape index (κ2) is 11.7. The van der Waals surface area contributed by atoms with Gasteiger partial charge in [-0.15, -0.1) is 0 Å². The van der Waals surface area contributed by atoms with Crippen LogP contribution in [0.3, 0.4) is 0 Å². The van der Waals surface area contributed by atoms with Crippen molar-refractivity contribution in [3.8, 4) is 16.9 Å². The lowest BCUT2D eigenvalue weighted by Crippen LogP contribution is -2.51. The summed E-state index contributed by atoms with van der Waals surface area (Å²) in [5.41, 5.74) is 3.49. The van der Waals surface area contributed by atoms with E-state index in [9.17, 15) is 18.0 Å². The Morgan fingerprint density at radius 3 is 2.52 bits per heavy atom. The first kappa shape index (κ1) is 27.7. The molecule has 1 fully saturated rings. The molecule has 0 atom stereocenters. The Hall–Kier alpha value is -3.82. The molecule has 3 aromatic carbocycles. The number of alkyl halides is 3. The number of carbonyl (C=O) groups excluding carboxylic acids is 1. The normalized spacial score (nSPS) is 14.5. The summed E-state index contributed by atoms with van der Waals surface area (Å²) >= 11 is 6.09. The van der Waals surface area contributed by atoms with Gasteiger partial charge in [-0.25, -0.2) is 4.98 Å². The van der Waals surface area contributed by atoms with E-state index in [1.165, 1.54) is 12.1 Å². The third-order valence-electron chi connectivity index (χ3n) is 7.04. The van der Waals surface area contributed by atoms with Gasteiger partial charge in [-0.1, -0.05) is 41.9 Å². The highest BCUT2D eigenvalue weighted by Gasteiger charge is 2.30. The number of methoxy groups -OCH3 is 1. The Balaban J connectivity index is 1.21. The van der Waals surface area contributed by atoms with E-state index in [1.807, 2.05) is 36.5 Å². The van der Waals surface area contributed by atoms with Crippen molar-refractivity contribution in [1.82, 2.24) is 14.5 Å². The van der Waals surface area contributed by atoms with Crippen LogP contribution in [0.1, 0.15) is 16.8 Å². The molecule has 1 amide bonds. The van der Waals surface area contributed by atoms with E-state index >= 15 is 0 Å². The van der Waals surface area contributed by atoms with Crippen molar-refractivity contribution in [3.63, 3.8) is 0 Å². The van der Waals surface area contributed by atoms with Crippen molar-refractivity contribution in [2.24, 2.45) is 0 Å². The van der Waals surface area contributed by atoms with E-state index in [1.54, 1.807) is 30.5 Å². The van der Waals surface area contributed by atoms with Gasteiger partial charge in [0.15, 0.2) is 0 Å². The van der Waals surface area contributed by atoms with Crippen LogP contribution >= 0.6 is 11.6 Å². The van der Waals surface area contributed by atoms with Gasteiger partial charge in [0.05, 0.1) is 25.5 Å². The average molecular weight is 569 g/mol. The monoisotopic (exact) mass is 568 g/mol. The lowest BCUT2D eigenvalue weighted by molar-refractivity contribution is -0.137. The number of aromatic nitrogens is 2. The van der Waals surface area contributed by atoms with Crippen molar-refractivity contribution >= 4 is 23.2 Å². The molecule has 10 heteroatoms. The Kier molecular flexibility index (Phi) is 8.14. The predicted molar refractivity (Wildman–Crippen MR) is 149 cm³/mol. The number of anilines is 1. The van der Waals surface area contributed by atoms with E-state index in [4.69, 9.17) is 16.3 Å². The van der Waals surface area contributed by atoms with Crippen LogP contribution in [0.2, 0.25) is 5.02 Å².